The molecule has 4 nitrogen and oxygen atoms in total. The fourth-order valence-electron chi connectivity index (χ4n) is 7.75. The molecule has 25 heavy (non-hydrogen) atoms. The minimum absolute atomic E-state index is 0.0223. The maximum atomic E-state index is 12.5. The van der Waals surface area contributed by atoms with Gasteiger partial charge in [0, 0.05) is 30.6 Å². The van der Waals surface area contributed by atoms with Gasteiger partial charge in [-0.25, -0.2) is 0 Å². The lowest BCUT2D eigenvalue weighted by Crippen LogP contribution is -2.58. The van der Waals surface area contributed by atoms with E-state index in [0.29, 0.717) is 29.6 Å². The molecule has 0 N–H and O–H groups in total. The van der Waals surface area contributed by atoms with Crippen molar-refractivity contribution in [2.75, 3.05) is 0 Å². The van der Waals surface area contributed by atoms with Crippen LogP contribution in [0.1, 0.15) is 72.1 Å². The average molecular weight is 346 g/mol. The maximum Gasteiger partial charge on any atom is 0.302 e. The Kier molecular flexibility index (Phi) is 3.18. The minimum Gasteiger partial charge on any atom is -0.462 e. The third-order valence-electron chi connectivity index (χ3n) is 9.08. The topological polar surface area (TPSA) is 55.9 Å². The molecule has 8 atom stereocenters. The maximum absolute atomic E-state index is 12.5. The lowest BCUT2D eigenvalue weighted by atomic mass is 9.45. The van der Waals surface area contributed by atoms with Crippen LogP contribution in [0.2, 0.25) is 0 Å². The third-order valence-corrected chi connectivity index (χ3v) is 9.08. The smallest absolute Gasteiger partial charge is 0.302 e. The number of carbonyl (C=O) groups excluding carboxylic acids is 2. The summed E-state index contributed by atoms with van der Waals surface area (Å²) in [5.74, 6) is 2.19. The Labute approximate surface area is 150 Å². The number of Topliss-reactive ketones (excluding diaryl/α,β-unsaturated/α-hetero) is 1. The van der Waals surface area contributed by atoms with Gasteiger partial charge in [-0.1, -0.05) is 13.8 Å². The van der Waals surface area contributed by atoms with Gasteiger partial charge in [-0.2, -0.15) is 0 Å². The van der Waals surface area contributed by atoms with Gasteiger partial charge >= 0.3 is 5.97 Å². The summed E-state index contributed by atoms with van der Waals surface area (Å²) in [4.78, 5) is 23.9. The Hall–Kier alpha value is -0.900. The number of fused-ring (bicyclic) bond motifs is 4. The number of esters is 1. The summed E-state index contributed by atoms with van der Waals surface area (Å²) in [6.45, 7) is 6.18. The second-order valence-electron chi connectivity index (χ2n) is 9.92. The number of hydrogen-bond donors (Lipinski definition) is 0. The standard InChI is InChI=1S/C21H30O4/c1-12(22)24-13-6-9-20(3)16-7-8-19(2)15(4-5-17(19)23)14(16)10-18-21(20,11-13)25-18/h13-16,18H,4-11H2,1-3H3/t13?,14?,15?,16?,18?,19?,20?,21-/m1/s1. The predicted octanol–water partition coefficient (Wildman–Crippen LogP) is 3.66. The van der Waals surface area contributed by atoms with Gasteiger partial charge in [-0.15, -0.1) is 0 Å². The van der Waals surface area contributed by atoms with Gasteiger partial charge in [0.15, 0.2) is 0 Å². The van der Waals surface area contributed by atoms with Gasteiger partial charge in [0.2, 0.25) is 0 Å². The van der Waals surface area contributed by atoms with Crippen LogP contribution in [0.3, 0.4) is 0 Å². The van der Waals surface area contributed by atoms with E-state index in [0.717, 1.165) is 51.4 Å². The van der Waals surface area contributed by atoms with Gasteiger partial charge in [-0.3, -0.25) is 9.59 Å². The van der Waals surface area contributed by atoms with Crippen LogP contribution in [0.5, 0.6) is 0 Å². The van der Waals surface area contributed by atoms with Gasteiger partial charge in [-0.05, 0) is 56.3 Å². The first-order valence-electron chi connectivity index (χ1n) is 10.2. The molecule has 0 aromatic carbocycles. The van der Waals surface area contributed by atoms with E-state index in [1.807, 2.05) is 0 Å². The fraction of sp³-hybridized carbons (Fsp3) is 0.905. The lowest BCUT2D eigenvalue weighted by Gasteiger charge is -2.58. The van der Waals surface area contributed by atoms with E-state index in [4.69, 9.17) is 9.47 Å². The summed E-state index contributed by atoms with van der Waals surface area (Å²) < 4.78 is 12.0. The Balaban J connectivity index is 1.44. The molecule has 0 bridgehead atoms. The van der Waals surface area contributed by atoms with Crippen molar-refractivity contribution in [2.24, 2.45) is 28.6 Å². The Morgan fingerprint density at radius 3 is 2.72 bits per heavy atom. The fourth-order valence-corrected chi connectivity index (χ4v) is 7.75. The number of hydrogen-bond acceptors (Lipinski definition) is 4. The van der Waals surface area contributed by atoms with Gasteiger partial charge < -0.3 is 9.47 Å². The predicted molar refractivity (Wildman–Crippen MR) is 91.8 cm³/mol. The first kappa shape index (κ1) is 16.3. The molecular weight excluding hydrogens is 316 g/mol. The zero-order valence-corrected chi connectivity index (χ0v) is 15.7. The molecule has 4 aliphatic carbocycles. The molecule has 138 valence electrons. The van der Waals surface area contributed by atoms with Crippen LogP contribution in [0.4, 0.5) is 0 Å². The van der Waals surface area contributed by atoms with Crippen molar-refractivity contribution in [1.82, 2.24) is 0 Å². The van der Waals surface area contributed by atoms with Crippen LogP contribution in [0, 0.1) is 28.6 Å². The SMILES string of the molecule is CC(=O)OC1CCC2(C)C3CCC4(C)C(=O)CCC4C3CC3O[C@]32C1. The summed E-state index contributed by atoms with van der Waals surface area (Å²) in [6, 6.07) is 0. The zero-order chi connectivity index (χ0) is 17.6. The van der Waals surface area contributed by atoms with E-state index < -0.39 is 0 Å². The molecule has 0 aromatic heterocycles. The van der Waals surface area contributed by atoms with E-state index >= 15 is 0 Å². The molecule has 7 unspecified atom stereocenters. The second-order valence-corrected chi connectivity index (χ2v) is 9.92. The molecule has 1 aliphatic heterocycles. The van der Waals surface area contributed by atoms with Crippen molar-refractivity contribution in [3.8, 4) is 0 Å². The van der Waals surface area contributed by atoms with Crippen molar-refractivity contribution in [3.05, 3.63) is 0 Å². The highest BCUT2D eigenvalue weighted by atomic mass is 16.6. The van der Waals surface area contributed by atoms with Crippen LogP contribution < -0.4 is 0 Å². The molecule has 1 saturated heterocycles. The quantitative estimate of drug-likeness (QED) is 0.537. The van der Waals surface area contributed by atoms with Crippen molar-refractivity contribution < 1.29 is 19.1 Å². The Bertz CT molecular complexity index is 644. The molecule has 4 heteroatoms. The number of ketones is 1. The van der Waals surface area contributed by atoms with E-state index in [9.17, 15) is 9.59 Å². The number of rotatable bonds is 1. The lowest BCUT2D eigenvalue weighted by molar-refractivity contribution is -0.157. The number of carbonyl (C=O) groups is 2. The number of ether oxygens (including phenoxy) is 2. The molecule has 5 aliphatic rings. The summed E-state index contributed by atoms with van der Waals surface area (Å²) in [6.07, 6.45) is 8.45. The largest absolute Gasteiger partial charge is 0.462 e. The molecule has 1 spiro atoms. The van der Waals surface area contributed by atoms with Crippen molar-refractivity contribution >= 4 is 11.8 Å². The van der Waals surface area contributed by atoms with Crippen molar-refractivity contribution in [1.29, 1.82) is 0 Å². The van der Waals surface area contributed by atoms with Crippen LogP contribution in [0.15, 0.2) is 0 Å². The zero-order valence-electron chi connectivity index (χ0n) is 15.7. The highest BCUT2D eigenvalue weighted by Gasteiger charge is 2.76. The van der Waals surface area contributed by atoms with Crippen LogP contribution in [-0.2, 0) is 19.1 Å². The Morgan fingerprint density at radius 1 is 1.16 bits per heavy atom. The average Bonchev–Trinajstić information content (AvgIpc) is 3.15. The molecule has 5 fully saturated rings. The van der Waals surface area contributed by atoms with Gasteiger partial charge in [0.05, 0.1) is 6.10 Å². The van der Waals surface area contributed by atoms with E-state index in [2.05, 4.69) is 13.8 Å². The number of epoxide rings is 1. The van der Waals surface area contributed by atoms with Gasteiger partial charge in [0.25, 0.3) is 0 Å². The molecule has 0 amide bonds. The molecular formula is C21H30O4. The second kappa shape index (κ2) is 4.88. The first-order valence-corrected chi connectivity index (χ1v) is 10.2. The molecule has 0 aromatic rings. The monoisotopic (exact) mass is 346 g/mol. The summed E-state index contributed by atoms with van der Waals surface area (Å²) in [5, 5.41) is 0. The normalized spacial score (nSPS) is 56.3. The summed E-state index contributed by atoms with van der Waals surface area (Å²) >= 11 is 0. The van der Waals surface area contributed by atoms with E-state index in [1.54, 1.807) is 0 Å². The third kappa shape index (κ3) is 1.92. The van der Waals surface area contributed by atoms with E-state index in [-0.39, 0.29) is 28.5 Å². The Morgan fingerprint density at radius 2 is 1.96 bits per heavy atom. The van der Waals surface area contributed by atoms with Crippen LogP contribution in [-0.4, -0.2) is 29.6 Å². The highest BCUT2D eigenvalue weighted by Crippen LogP contribution is 2.73. The summed E-state index contributed by atoms with van der Waals surface area (Å²) in [7, 11) is 0. The van der Waals surface area contributed by atoms with Crippen LogP contribution in [0.25, 0.3) is 0 Å². The van der Waals surface area contributed by atoms with Crippen LogP contribution >= 0.6 is 0 Å². The summed E-state index contributed by atoms with van der Waals surface area (Å²) in [5.41, 5.74) is 0.0500. The van der Waals surface area contributed by atoms with Crippen molar-refractivity contribution in [2.45, 2.75) is 89.9 Å². The van der Waals surface area contributed by atoms with E-state index in [1.165, 1.54) is 6.92 Å². The molecule has 1 heterocycles. The first-order chi connectivity index (χ1) is 11.8. The van der Waals surface area contributed by atoms with Crippen molar-refractivity contribution in [3.63, 3.8) is 0 Å². The highest BCUT2D eigenvalue weighted by molar-refractivity contribution is 5.87. The minimum atomic E-state index is -0.172. The molecule has 4 saturated carbocycles. The molecule has 5 rings (SSSR count). The molecule has 0 radical (unpaired) electrons. The van der Waals surface area contributed by atoms with Gasteiger partial charge in [0.1, 0.15) is 17.5 Å².